The maximum absolute atomic E-state index is 5.67. The molecule has 2 rings (SSSR count). The number of rotatable bonds is 9. The molecular weight excluding hydrogens is 320 g/mol. The Hall–Kier alpha value is -0.880. The summed E-state index contributed by atoms with van der Waals surface area (Å²) in [5, 5.41) is 3.29. The first-order valence-corrected chi connectivity index (χ1v) is 8.05. The third-order valence-corrected chi connectivity index (χ3v) is 4.03. The maximum Gasteiger partial charge on any atom is 0.148 e. The lowest BCUT2D eigenvalue weighted by atomic mass is 10.4. The fraction of sp³-hybridized carbons (Fsp3) is 0.714. The highest BCUT2D eigenvalue weighted by molar-refractivity contribution is 9.10. The van der Waals surface area contributed by atoms with Crippen LogP contribution in [0.1, 0.15) is 26.2 Å². The van der Waals surface area contributed by atoms with Gasteiger partial charge in [-0.2, -0.15) is 0 Å². The molecule has 0 unspecified atom stereocenters. The van der Waals surface area contributed by atoms with E-state index in [1.54, 1.807) is 6.33 Å². The smallest absolute Gasteiger partial charge is 0.148 e. The van der Waals surface area contributed by atoms with Gasteiger partial charge in [0.1, 0.15) is 22.4 Å². The molecule has 0 atom stereocenters. The SMILES string of the molecule is CCCNc1ncnc(N(C)CCOCC2CC2)c1Br. The van der Waals surface area contributed by atoms with E-state index in [1.807, 2.05) is 7.05 Å². The zero-order valence-corrected chi connectivity index (χ0v) is 13.8. The molecule has 1 heterocycles. The lowest BCUT2D eigenvalue weighted by Gasteiger charge is -2.20. The minimum atomic E-state index is 0.737. The van der Waals surface area contributed by atoms with Gasteiger partial charge >= 0.3 is 0 Å². The predicted molar refractivity (Wildman–Crippen MR) is 85.3 cm³/mol. The van der Waals surface area contributed by atoms with Crippen LogP contribution >= 0.6 is 15.9 Å². The summed E-state index contributed by atoms with van der Waals surface area (Å²) in [4.78, 5) is 10.7. The van der Waals surface area contributed by atoms with Gasteiger partial charge in [-0.1, -0.05) is 6.92 Å². The van der Waals surface area contributed by atoms with Crippen molar-refractivity contribution < 1.29 is 4.74 Å². The number of likely N-dealkylation sites (N-methyl/N-ethyl adjacent to an activating group) is 1. The number of nitrogens with one attached hydrogen (secondary N) is 1. The van der Waals surface area contributed by atoms with E-state index >= 15 is 0 Å². The molecule has 5 nitrogen and oxygen atoms in total. The quantitative estimate of drug-likeness (QED) is 0.699. The van der Waals surface area contributed by atoms with Crippen molar-refractivity contribution in [3.63, 3.8) is 0 Å². The van der Waals surface area contributed by atoms with Gasteiger partial charge in [0.05, 0.1) is 6.61 Å². The van der Waals surface area contributed by atoms with Crippen LogP contribution in [0.15, 0.2) is 10.8 Å². The van der Waals surface area contributed by atoms with Gasteiger partial charge in [0.15, 0.2) is 0 Å². The second-order valence-electron chi connectivity index (χ2n) is 5.23. The molecule has 1 saturated carbocycles. The minimum Gasteiger partial charge on any atom is -0.379 e. The van der Waals surface area contributed by atoms with Crippen molar-refractivity contribution in [2.75, 3.05) is 43.6 Å². The molecule has 0 bridgehead atoms. The third-order valence-electron chi connectivity index (χ3n) is 3.30. The van der Waals surface area contributed by atoms with Crippen molar-refractivity contribution in [2.24, 2.45) is 5.92 Å². The number of halogens is 1. The first-order chi connectivity index (χ1) is 9.72. The normalized spacial score (nSPS) is 14.3. The third kappa shape index (κ3) is 4.59. The molecule has 0 radical (unpaired) electrons. The van der Waals surface area contributed by atoms with Crippen LogP contribution in [-0.4, -0.2) is 43.3 Å². The van der Waals surface area contributed by atoms with Crippen LogP contribution < -0.4 is 10.2 Å². The second kappa shape index (κ2) is 7.78. The topological polar surface area (TPSA) is 50.3 Å². The fourth-order valence-electron chi connectivity index (χ4n) is 1.84. The standard InChI is InChI=1S/C14H23BrN4O/c1-3-6-16-13-12(15)14(18-10-17-13)19(2)7-8-20-9-11-4-5-11/h10-11H,3-9H2,1-2H3,(H,16,17,18). The van der Waals surface area contributed by atoms with Crippen LogP contribution in [0.2, 0.25) is 0 Å². The van der Waals surface area contributed by atoms with E-state index in [0.717, 1.165) is 54.8 Å². The lowest BCUT2D eigenvalue weighted by Crippen LogP contribution is -2.24. The Kier molecular flexibility index (Phi) is 6.04. The van der Waals surface area contributed by atoms with E-state index in [9.17, 15) is 0 Å². The Balaban J connectivity index is 1.85. The second-order valence-corrected chi connectivity index (χ2v) is 6.02. The Morgan fingerprint density at radius 2 is 2.25 bits per heavy atom. The average Bonchev–Trinajstić information content (AvgIpc) is 3.26. The Bertz CT molecular complexity index is 426. The highest BCUT2D eigenvalue weighted by Gasteiger charge is 2.21. The number of hydrogen-bond donors (Lipinski definition) is 1. The summed E-state index contributed by atoms with van der Waals surface area (Å²) in [6.07, 6.45) is 5.33. The molecule has 1 aliphatic rings. The minimum absolute atomic E-state index is 0.737. The lowest BCUT2D eigenvalue weighted by molar-refractivity contribution is 0.130. The zero-order chi connectivity index (χ0) is 14.4. The monoisotopic (exact) mass is 342 g/mol. The Morgan fingerprint density at radius 3 is 2.95 bits per heavy atom. The summed E-state index contributed by atoms with van der Waals surface area (Å²) in [5.74, 6) is 2.56. The average molecular weight is 343 g/mol. The Labute approximate surface area is 129 Å². The summed E-state index contributed by atoms with van der Waals surface area (Å²) in [6, 6.07) is 0. The van der Waals surface area contributed by atoms with Crippen LogP contribution in [0.4, 0.5) is 11.6 Å². The number of nitrogens with zero attached hydrogens (tertiary/aromatic N) is 3. The number of ether oxygens (including phenoxy) is 1. The van der Waals surface area contributed by atoms with Crippen LogP contribution in [0.5, 0.6) is 0 Å². The fourth-order valence-corrected chi connectivity index (χ4v) is 2.48. The van der Waals surface area contributed by atoms with Crippen molar-refractivity contribution in [3.05, 3.63) is 10.8 Å². The molecule has 6 heteroatoms. The Morgan fingerprint density at radius 1 is 1.45 bits per heavy atom. The van der Waals surface area contributed by atoms with Gasteiger partial charge < -0.3 is 15.0 Å². The number of hydrogen-bond acceptors (Lipinski definition) is 5. The number of anilines is 2. The largest absolute Gasteiger partial charge is 0.379 e. The number of aromatic nitrogens is 2. The van der Waals surface area contributed by atoms with E-state index in [2.05, 4.69) is 43.0 Å². The van der Waals surface area contributed by atoms with E-state index in [0.29, 0.717) is 0 Å². The summed E-state index contributed by atoms with van der Waals surface area (Å²) in [5.41, 5.74) is 0. The molecule has 20 heavy (non-hydrogen) atoms. The van der Waals surface area contributed by atoms with E-state index in [1.165, 1.54) is 12.8 Å². The summed E-state index contributed by atoms with van der Waals surface area (Å²) in [6.45, 7) is 5.51. The first-order valence-electron chi connectivity index (χ1n) is 7.25. The van der Waals surface area contributed by atoms with Crippen molar-refractivity contribution in [3.8, 4) is 0 Å². The molecule has 0 aliphatic heterocycles. The van der Waals surface area contributed by atoms with E-state index in [4.69, 9.17) is 4.74 Å². The van der Waals surface area contributed by atoms with Crippen molar-refractivity contribution in [1.82, 2.24) is 9.97 Å². The summed E-state index contributed by atoms with van der Waals surface area (Å²) < 4.78 is 6.58. The molecule has 0 amide bonds. The van der Waals surface area contributed by atoms with E-state index in [-0.39, 0.29) is 0 Å². The van der Waals surface area contributed by atoms with Crippen LogP contribution in [0, 0.1) is 5.92 Å². The van der Waals surface area contributed by atoms with Crippen molar-refractivity contribution in [2.45, 2.75) is 26.2 Å². The molecular formula is C14H23BrN4O. The van der Waals surface area contributed by atoms with Crippen molar-refractivity contribution in [1.29, 1.82) is 0 Å². The van der Waals surface area contributed by atoms with E-state index < -0.39 is 0 Å². The van der Waals surface area contributed by atoms with Crippen LogP contribution in [-0.2, 0) is 4.74 Å². The molecule has 1 aromatic rings. The molecule has 1 fully saturated rings. The zero-order valence-electron chi connectivity index (χ0n) is 12.2. The maximum atomic E-state index is 5.67. The molecule has 1 aromatic heterocycles. The van der Waals surface area contributed by atoms with Gasteiger partial charge in [-0.25, -0.2) is 9.97 Å². The van der Waals surface area contributed by atoms with Gasteiger partial charge in [-0.15, -0.1) is 0 Å². The molecule has 0 spiro atoms. The van der Waals surface area contributed by atoms with Crippen LogP contribution in [0.3, 0.4) is 0 Å². The molecule has 1 N–H and O–H groups in total. The highest BCUT2D eigenvalue weighted by Crippen LogP contribution is 2.29. The molecule has 112 valence electrons. The van der Waals surface area contributed by atoms with Crippen LogP contribution in [0.25, 0.3) is 0 Å². The highest BCUT2D eigenvalue weighted by atomic mass is 79.9. The predicted octanol–water partition coefficient (Wildman–Crippen LogP) is 2.92. The van der Waals surface area contributed by atoms with Crippen molar-refractivity contribution >= 4 is 27.6 Å². The van der Waals surface area contributed by atoms with Gasteiger partial charge in [0.2, 0.25) is 0 Å². The molecule has 1 aliphatic carbocycles. The van der Waals surface area contributed by atoms with Gasteiger partial charge in [0.25, 0.3) is 0 Å². The molecule has 0 aromatic carbocycles. The molecule has 0 saturated heterocycles. The first kappa shape index (κ1) is 15.5. The summed E-state index contributed by atoms with van der Waals surface area (Å²) in [7, 11) is 2.02. The summed E-state index contributed by atoms with van der Waals surface area (Å²) >= 11 is 3.58. The van der Waals surface area contributed by atoms with Gasteiger partial charge in [-0.3, -0.25) is 0 Å². The van der Waals surface area contributed by atoms with Gasteiger partial charge in [0, 0.05) is 26.7 Å². The van der Waals surface area contributed by atoms with Gasteiger partial charge in [-0.05, 0) is 41.1 Å².